The van der Waals surface area contributed by atoms with Crippen LogP contribution in [-0.2, 0) is 6.54 Å². The molecule has 1 aliphatic heterocycles. The van der Waals surface area contributed by atoms with Crippen molar-refractivity contribution in [1.29, 1.82) is 0 Å². The number of pyridine rings is 1. The van der Waals surface area contributed by atoms with Crippen molar-refractivity contribution in [2.45, 2.75) is 38.8 Å². The average Bonchev–Trinajstić information content (AvgIpc) is 2.73. The predicted octanol–water partition coefficient (Wildman–Crippen LogP) is 2.29. The van der Waals surface area contributed by atoms with Gasteiger partial charge in [-0.1, -0.05) is 6.42 Å². The van der Waals surface area contributed by atoms with E-state index >= 15 is 0 Å². The van der Waals surface area contributed by atoms with Crippen molar-refractivity contribution in [2.75, 3.05) is 12.3 Å². The van der Waals surface area contributed by atoms with Gasteiger partial charge in [0.05, 0.1) is 5.69 Å². The van der Waals surface area contributed by atoms with Gasteiger partial charge in [-0.15, -0.1) is 0 Å². The molecule has 0 radical (unpaired) electrons. The normalized spacial score (nSPS) is 21.5. The molecule has 3 rings (SSSR count). The van der Waals surface area contributed by atoms with E-state index in [1.165, 1.54) is 25.8 Å². The van der Waals surface area contributed by atoms with E-state index in [0.717, 1.165) is 23.6 Å². The third-order valence-corrected chi connectivity index (χ3v) is 3.83. The monoisotopic (exact) mass is 244 g/mol. The van der Waals surface area contributed by atoms with Crippen LogP contribution >= 0.6 is 0 Å². The number of rotatable bonds is 2. The molecule has 2 aromatic rings. The quantitative estimate of drug-likeness (QED) is 0.881. The zero-order chi connectivity index (χ0) is 12.5. The van der Waals surface area contributed by atoms with Crippen LogP contribution in [-0.4, -0.2) is 26.9 Å². The smallest absolute Gasteiger partial charge is 0.137 e. The van der Waals surface area contributed by atoms with Gasteiger partial charge in [-0.05, 0) is 38.4 Å². The minimum Gasteiger partial charge on any atom is -0.398 e. The first-order valence-corrected chi connectivity index (χ1v) is 6.69. The molecule has 4 nitrogen and oxygen atoms in total. The summed E-state index contributed by atoms with van der Waals surface area (Å²) in [7, 11) is 0. The highest BCUT2D eigenvalue weighted by atomic mass is 15.2. The molecule has 18 heavy (non-hydrogen) atoms. The maximum absolute atomic E-state index is 5.78. The highest BCUT2D eigenvalue weighted by Gasteiger charge is 2.19. The zero-order valence-electron chi connectivity index (χ0n) is 10.8. The maximum atomic E-state index is 5.78. The summed E-state index contributed by atoms with van der Waals surface area (Å²) in [4.78, 5) is 7.17. The Morgan fingerprint density at radius 1 is 1.33 bits per heavy atom. The Hall–Kier alpha value is -1.55. The molecule has 1 aliphatic rings. The van der Waals surface area contributed by atoms with E-state index in [-0.39, 0.29) is 0 Å². The highest BCUT2D eigenvalue weighted by Crippen LogP contribution is 2.19. The number of nitrogens with zero attached hydrogens (tertiary/aromatic N) is 3. The van der Waals surface area contributed by atoms with Crippen LogP contribution in [0.5, 0.6) is 0 Å². The van der Waals surface area contributed by atoms with Crippen molar-refractivity contribution < 1.29 is 0 Å². The summed E-state index contributed by atoms with van der Waals surface area (Å²) in [5, 5.41) is 0. The van der Waals surface area contributed by atoms with Crippen LogP contribution in [0.15, 0.2) is 24.5 Å². The number of nitrogen functional groups attached to an aromatic ring is 1. The van der Waals surface area contributed by atoms with Crippen LogP contribution in [0.2, 0.25) is 0 Å². The fraction of sp³-hybridized carbons (Fsp3) is 0.500. The third-order valence-electron chi connectivity index (χ3n) is 3.83. The van der Waals surface area contributed by atoms with Crippen molar-refractivity contribution in [2.24, 2.45) is 0 Å². The van der Waals surface area contributed by atoms with Crippen LogP contribution in [0.25, 0.3) is 5.65 Å². The zero-order valence-corrected chi connectivity index (χ0v) is 10.8. The lowest BCUT2D eigenvalue weighted by Crippen LogP contribution is -2.36. The Morgan fingerprint density at radius 2 is 2.22 bits per heavy atom. The number of anilines is 1. The van der Waals surface area contributed by atoms with Gasteiger partial charge in [0.2, 0.25) is 0 Å². The van der Waals surface area contributed by atoms with E-state index in [1.54, 1.807) is 0 Å². The number of hydrogen-bond acceptors (Lipinski definition) is 3. The van der Waals surface area contributed by atoms with Crippen molar-refractivity contribution in [1.82, 2.24) is 14.3 Å². The van der Waals surface area contributed by atoms with Gasteiger partial charge in [0.1, 0.15) is 5.65 Å². The van der Waals surface area contributed by atoms with Crippen LogP contribution in [0.4, 0.5) is 5.69 Å². The van der Waals surface area contributed by atoms with E-state index in [4.69, 9.17) is 5.73 Å². The molecule has 1 atom stereocenters. The Balaban J connectivity index is 1.81. The first kappa shape index (κ1) is 11.5. The van der Waals surface area contributed by atoms with Crippen molar-refractivity contribution in [3.63, 3.8) is 0 Å². The van der Waals surface area contributed by atoms with Gasteiger partial charge in [-0.25, -0.2) is 4.98 Å². The average molecular weight is 244 g/mol. The molecule has 96 valence electrons. The Bertz CT molecular complexity index is 546. The molecule has 1 unspecified atom stereocenters. The Kier molecular flexibility index (Phi) is 2.96. The van der Waals surface area contributed by atoms with Gasteiger partial charge >= 0.3 is 0 Å². The first-order valence-electron chi connectivity index (χ1n) is 6.69. The first-order chi connectivity index (χ1) is 8.72. The van der Waals surface area contributed by atoms with Gasteiger partial charge < -0.3 is 10.1 Å². The number of piperidine rings is 1. The van der Waals surface area contributed by atoms with Crippen molar-refractivity contribution >= 4 is 11.3 Å². The summed E-state index contributed by atoms with van der Waals surface area (Å²) < 4.78 is 2.01. The van der Waals surface area contributed by atoms with Gasteiger partial charge in [0.25, 0.3) is 0 Å². The number of imidazole rings is 1. The van der Waals surface area contributed by atoms with E-state index in [2.05, 4.69) is 23.0 Å². The summed E-state index contributed by atoms with van der Waals surface area (Å²) in [6, 6.07) is 4.54. The summed E-state index contributed by atoms with van der Waals surface area (Å²) in [6.07, 6.45) is 7.99. The van der Waals surface area contributed by atoms with E-state index < -0.39 is 0 Å². The second-order valence-corrected chi connectivity index (χ2v) is 5.28. The third kappa shape index (κ3) is 2.20. The van der Waals surface area contributed by atoms with Crippen LogP contribution < -0.4 is 5.73 Å². The Labute approximate surface area is 107 Å². The molecule has 1 saturated heterocycles. The van der Waals surface area contributed by atoms with Gasteiger partial charge in [-0.2, -0.15) is 0 Å². The van der Waals surface area contributed by atoms with Gasteiger partial charge in [-0.3, -0.25) is 4.90 Å². The summed E-state index contributed by atoms with van der Waals surface area (Å²) in [5.74, 6) is 0. The van der Waals surface area contributed by atoms with Crippen LogP contribution in [0.1, 0.15) is 31.9 Å². The lowest BCUT2D eigenvalue weighted by atomic mass is 10.0. The van der Waals surface area contributed by atoms with Gasteiger partial charge in [0, 0.05) is 30.7 Å². The van der Waals surface area contributed by atoms with E-state index in [0.29, 0.717) is 6.04 Å². The maximum Gasteiger partial charge on any atom is 0.137 e. The molecule has 0 spiro atoms. The second-order valence-electron chi connectivity index (χ2n) is 5.28. The Morgan fingerprint density at radius 3 is 3.06 bits per heavy atom. The minimum absolute atomic E-state index is 0.675. The lowest BCUT2D eigenvalue weighted by molar-refractivity contribution is 0.151. The fourth-order valence-corrected chi connectivity index (χ4v) is 2.74. The van der Waals surface area contributed by atoms with E-state index in [9.17, 15) is 0 Å². The standard InChI is InChI=1S/C14H20N4/c1-11-4-2-3-7-17(11)9-13-10-18-8-12(15)5-6-14(18)16-13/h5-6,8,10-11H,2-4,7,9,15H2,1H3. The summed E-state index contributed by atoms with van der Waals surface area (Å²) >= 11 is 0. The number of fused-ring (bicyclic) bond motifs is 1. The number of hydrogen-bond donors (Lipinski definition) is 1. The molecule has 0 bridgehead atoms. The van der Waals surface area contributed by atoms with Crippen LogP contribution in [0.3, 0.4) is 0 Å². The highest BCUT2D eigenvalue weighted by molar-refractivity contribution is 5.48. The van der Waals surface area contributed by atoms with Gasteiger partial charge in [0.15, 0.2) is 0 Å². The van der Waals surface area contributed by atoms with Crippen LogP contribution in [0, 0.1) is 0 Å². The molecule has 0 saturated carbocycles. The minimum atomic E-state index is 0.675. The fourth-order valence-electron chi connectivity index (χ4n) is 2.74. The molecular weight excluding hydrogens is 224 g/mol. The number of nitrogens with two attached hydrogens (primary N) is 1. The predicted molar refractivity (Wildman–Crippen MR) is 73.3 cm³/mol. The van der Waals surface area contributed by atoms with Crippen molar-refractivity contribution in [3.8, 4) is 0 Å². The molecule has 0 aliphatic carbocycles. The molecule has 2 aromatic heterocycles. The molecule has 4 heteroatoms. The van der Waals surface area contributed by atoms with Crippen molar-refractivity contribution in [3.05, 3.63) is 30.2 Å². The van der Waals surface area contributed by atoms with E-state index in [1.807, 2.05) is 22.7 Å². The molecular formula is C14H20N4. The SMILES string of the molecule is CC1CCCCN1Cc1cn2cc(N)ccc2n1. The number of aromatic nitrogens is 2. The lowest BCUT2D eigenvalue weighted by Gasteiger charge is -2.32. The number of likely N-dealkylation sites (tertiary alicyclic amines) is 1. The topological polar surface area (TPSA) is 46.6 Å². The second kappa shape index (κ2) is 4.61. The molecule has 1 fully saturated rings. The molecule has 3 heterocycles. The summed E-state index contributed by atoms with van der Waals surface area (Å²) in [6.45, 7) is 4.45. The molecule has 2 N–H and O–H groups in total. The molecule has 0 amide bonds. The largest absolute Gasteiger partial charge is 0.398 e. The molecule has 0 aromatic carbocycles. The summed E-state index contributed by atoms with van der Waals surface area (Å²) in [5.41, 5.74) is 8.67.